The van der Waals surface area contributed by atoms with Crippen LogP contribution >= 0.6 is 0 Å². The number of ether oxygens (including phenoxy) is 1. The number of nitrogens with zero attached hydrogens (tertiary/aromatic N) is 2. The zero-order valence-electron chi connectivity index (χ0n) is 8.77. The average Bonchev–Trinajstić information content (AvgIpc) is 2.66. The molecule has 4 heteroatoms. The van der Waals surface area contributed by atoms with Crippen LogP contribution in [-0.2, 0) is 0 Å². The van der Waals surface area contributed by atoms with E-state index in [1.807, 2.05) is 37.5 Å². The van der Waals surface area contributed by atoms with E-state index in [0.29, 0.717) is 11.4 Å². The molecule has 1 heterocycles. The molecule has 4 nitrogen and oxygen atoms in total. The van der Waals surface area contributed by atoms with Crippen LogP contribution in [0.25, 0.3) is 5.69 Å². The van der Waals surface area contributed by atoms with Crippen LogP contribution in [0.15, 0.2) is 30.6 Å². The Bertz CT molecular complexity index is 476. The Labute approximate surface area is 88.3 Å². The lowest BCUT2D eigenvalue weighted by molar-refractivity contribution is 0.416. The molecule has 15 heavy (non-hydrogen) atoms. The minimum absolute atomic E-state index is 0.630. The van der Waals surface area contributed by atoms with Gasteiger partial charge in [-0.1, -0.05) is 0 Å². The Balaban J connectivity index is 2.45. The van der Waals surface area contributed by atoms with E-state index in [0.717, 1.165) is 11.3 Å². The highest BCUT2D eigenvalue weighted by atomic mass is 16.5. The first kappa shape index (κ1) is 9.58. The van der Waals surface area contributed by atoms with Crippen molar-refractivity contribution in [2.24, 2.45) is 0 Å². The zero-order valence-corrected chi connectivity index (χ0v) is 8.77. The summed E-state index contributed by atoms with van der Waals surface area (Å²) >= 11 is 0. The number of aromatic nitrogens is 2. The quantitative estimate of drug-likeness (QED) is 0.757. The number of aryl methyl sites for hydroxylation is 1. The van der Waals surface area contributed by atoms with E-state index >= 15 is 0 Å². The van der Waals surface area contributed by atoms with Gasteiger partial charge in [-0.25, -0.2) is 4.68 Å². The van der Waals surface area contributed by atoms with Gasteiger partial charge in [0, 0.05) is 12.3 Å². The van der Waals surface area contributed by atoms with Crippen molar-refractivity contribution < 1.29 is 4.74 Å². The van der Waals surface area contributed by atoms with Gasteiger partial charge in [0.25, 0.3) is 0 Å². The molecular weight excluding hydrogens is 190 g/mol. The first-order valence-corrected chi connectivity index (χ1v) is 4.66. The highest BCUT2D eigenvalue weighted by Gasteiger charge is 2.03. The van der Waals surface area contributed by atoms with E-state index in [9.17, 15) is 0 Å². The van der Waals surface area contributed by atoms with Crippen LogP contribution < -0.4 is 10.5 Å². The minimum atomic E-state index is 0.630. The molecule has 0 saturated heterocycles. The molecule has 78 valence electrons. The second kappa shape index (κ2) is 3.65. The molecule has 0 radical (unpaired) electrons. The number of nitrogens with two attached hydrogens (primary N) is 1. The fourth-order valence-electron chi connectivity index (χ4n) is 1.40. The van der Waals surface area contributed by atoms with Gasteiger partial charge in [-0.15, -0.1) is 0 Å². The molecule has 0 bridgehead atoms. The van der Waals surface area contributed by atoms with Gasteiger partial charge in [-0.05, 0) is 24.6 Å². The lowest BCUT2D eigenvalue weighted by atomic mass is 10.2. The third-order valence-electron chi connectivity index (χ3n) is 2.19. The van der Waals surface area contributed by atoms with Crippen molar-refractivity contribution in [2.45, 2.75) is 6.92 Å². The summed E-state index contributed by atoms with van der Waals surface area (Å²) in [5.41, 5.74) is 8.41. The standard InChI is InChI=1S/C11H13N3O/c1-8-6-13-14(7-8)9-3-4-10(12)11(5-9)15-2/h3-7H,12H2,1-2H3. The Morgan fingerprint density at radius 2 is 2.20 bits per heavy atom. The van der Waals surface area contributed by atoms with Crippen molar-refractivity contribution in [3.8, 4) is 11.4 Å². The third-order valence-corrected chi connectivity index (χ3v) is 2.19. The van der Waals surface area contributed by atoms with Crippen LogP contribution in [0.5, 0.6) is 5.75 Å². The van der Waals surface area contributed by atoms with Crippen molar-refractivity contribution in [1.29, 1.82) is 0 Å². The summed E-state index contributed by atoms with van der Waals surface area (Å²) in [7, 11) is 1.60. The van der Waals surface area contributed by atoms with Crippen molar-refractivity contribution in [3.63, 3.8) is 0 Å². The second-order valence-corrected chi connectivity index (χ2v) is 3.39. The summed E-state index contributed by atoms with van der Waals surface area (Å²) in [6, 6.07) is 5.58. The SMILES string of the molecule is COc1cc(-n2cc(C)cn2)ccc1N. The molecule has 0 atom stereocenters. The van der Waals surface area contributed by atoms with Crippen LogP contribution in [0.1, 0.15) is 5.56 Å². The predicted molar refractivity (Wildman–Crippen MR) is 59.3 cm³/mol. The summed E-state index contributed by atoms with van der Waals surface area (Å²) in [4.78, 5) is 0. The van der Waals surface area contributed by atoms with Gasteiger partial charge in [0.2, 0.25) is 0 Å². The van der Waals surface area contributed by atoms with Gasteiger partial charge in [0.15, 0.2) is 0 Å². The molecule has 0 unspecified atom stereocenters. The van der Waals surface area contributed by atoms with E-state index in [2.05, 4.69) is 5.10 Å². The number of hydrogen-bond donors (Lipinski definition) is 1. The summed E-state index contributed by atoms with van der Waals surface area (Å²) in [5.74, 6) is 0.667. The van der Waals surface area contributed by atoms with Gasteiger partial charge in [-0.2, -0.15) is 5.10 Å². The van der Waals surface area contributed by atoms with Crippen LogP contribution in [0.3, 0.4) is 0 Å². The van der Waals surface area contributed by atoms with Crippen molar-refractivity contribution in [2.75, 3.05) is 12.8 Å². The summed E-state index contributed by atoms with van der Waals surface area (Å²) in [6.45, 7) is 2.00. The molecule has 0 fully saturated rings. The number of benzene rings is 1. The predicted octanol–water partition coefficient (Wildman–Crippen LogP) is 1.77. The third kappa shape index (κ3) is 1.79. The van der Waals surface area contributed by atoms with Crippen molar-refractivity contribution in [3.05, 3.63) is 36.2 Å². The summed E-state index contributed by atoms with van der Waals surface area (Å²) < 4.78 is 6.94. The van der Waals surface area contributed by atoms with Crippen LogP contribution in [0.2, 0.25) is 0 Å². The monoisotopic (exact) mass is 203 g/mol. The highest BCUT2D eigenvalue weighted by molar-refractivity contribution is 5.57. The molecule has 0 amide bonds. The van der Waals surface area contributed by atoms with Gasteiger partial charge in [0.1, 0.15) is 5.75 Å². The van der Waals surface area contributed by atoms with Crippen molar-refractivity contribution >= 4 is 5.69 Å². The maximum atomic E-state index is 5.73. The molecule has 2 aromatic rings. The van der Waals surface area contributed by atoms with E-state index in [1.165, 1.54) is 0 Å². The number of hydrogen-bond acceptors (Lipinski definition) is 3. The zero-order chi connectivity index (χ0) is 10.8. The molecule has 2 N–H and O–H groups in total. The van der Waals surface area contributed by atoms with Gasteiger partial charge in [-0.3, -0.25) is 0 Å². The fraction of sp³-hybridized carbons (Fsp3) is 0.182. The summed E-state index contributed by atoms with van der Waals surface area (Å²) in [6.07, 6.45) is 3.76. The highest BCUT2D eigenvalue weighted by Crippen LogP contribution is 2.23. The number of methoxy groups -OCH3 is 1. The van der Waals surface area contributed by atoms with Crippen LogP contribution in [-0.4, -0.2) is 16.9 Å². The van der Waals surface area contributed by atoms with Crippen LogP contribution in [0, 0.1) is 6.92 Å². The van der Waals surface area contributed by atoms with Gasteiger partial charge >= 0.3 is 0 Å². The van der Waals surface area contributed by atoms with E-state index in [-0.39, 0.29) is 0 Å². The first-order valence-electron chi connectivity index (χ1n) is 4.66. The summed E-state index contributed by atoms with van der Waals surface area (Å²) in [5, 5.41) is 4.21. The average molecular weight is 203 g/mol. The topological polar surface area (TPSA) is 53.1 Å². The number of anilines is 1. The molecule has 0 aliphatic heterocycles. The lowest BCUT2D eigenvalue weighted by Crippen LogP contribution is -1.97. The Morgan fingerprint density at radius 1 is 1.40 bits per heavy atom. The van der Waals surface area contributed by atoms with E-state index in [1.54, 1.807) is 11.8 Å². The molecule has 0 saturated carbocycles. The molecule has 2 rings (SSSR count). The van der Waals surface area contributed by atoms with E-state index in [4.69, 9.17) is 10.5 Å². The van der Waals surface area contributed by atoms with Gasteiger partial charge < -0.3 is 10.5 Å². The second-order valence-electron chi connectivity index (χ2n) is 3.39. The Kier molecular flexibility index (Phi) is 2.33. The Hall–Kier alpha value is -1.97. The maximum absolute atomic E-state index is 5.73. The Morgan fingerprint density at radius 3 is 2.80 bits per heavy atom. The maximum Gasteiger partial charge on any atom is 0.143 e. The molecule has 0 spiro atoms. The molecule has 1 aromatic carbocycles. The van der Waals surface area contributed by atoms with Crippen LogP contribution in [0.4, 0.5) is 5.69 Å². The lowest BCUT2D eigenvalue weighted by Gasteiger charge is -2.07. The molecular formula is C11H13N3O. The normalized spacial score (nSPS) is 10.3. The first-order chi connectivity index (χ1) is 7.20. The smallest absolute Gasteiger partial charge is 0.143 e. The van der Waals surface area contributed by atoms with Crippen molar-refractivity contribution in [1.82, 2.24) is 9.78 Å². The molecule has 1 aromatic heterocycles. The number of nitrogen functional groups attached to an aromatic ring is 1. The molecule has 0 aliphatic rings. The fourth-order valence-corrected chi connectivity index (χ4v) is 1.40. The number of rotatable bonds is 2. The van der Waals surface area contributed by atoms with E-state index < -0.39 is 0 Å². The van der Waals surface area contributed by atoms with Gasteiger partial charge in [0.05, 0.1) is 24.7 Å². The minimum Gasteiger partial charge on any atom is -0.495 e. The largest absolute Gasteiger partial charge is 0.495 e. The molecule has 0 aliphatic carbocycles.